The summed E-state index contributed by atoms with van der Waals surface area (Å²) in [5, 5.41) is 7.80. The number of hydrogen-bond acceptors (Lipinski definition) is 6. The fraction of sp³-hybridized carbons (Fsp3) is 0.529. The van der Waals surface area contributed by atoms with Crippen LogP contribution >= 0.6 is 12.4 Å². The molecule has 2 bridgehead atoms. The molecule has 0 saturated carbocycles. The van der Waals surface area contributed by atoms with Crippen LogP contribution in [0.5, 0.6) is 5.75 Å². The van der Waals surface area contributed by atoms with Gasteiger partial charge in [0.05, 0.1) is 13.7 Å². The van der Waals surface area contributed by atoms with Crippen molar-refractivity contribution in [3.63, 3.8) is 0 Å². The molecule has 6 nitrogen and oxygen atoms in total. The molecule has 0 radical (unpaired) electrons. The van der Waals surface area contributed by atoms with E-state index in [2.05, 4.69) is 20.4 Å². The standard InChI is InChI=1S/C17H22N4O2.ClH/c1-22-15-6-2-12(3-7-15)17-19-16(23-20-17)11-21-9-8-13-4-5-14(10-21)18-13;/h2-3,6-7,13-14,18H,4-5,8-11H2,1H3;1H. The van der Waals surface area contributed by atoms with Gasteiger partial charge in [-0.2, -0.15) is 4.98 Å². The molecule has 1 aromatic carbocycles. The number of methoxy groups -OCH3 is 1. The number of ether oxygens (including phenoxy) is 1. The third-order valence-corrected chi connectivity index (χ3v) is 4.78. The Hall–Kier alpha value is -1.63. The monoisotopic (exact) mass is 350 g/mol. The van der Waals surface area contributed by atoms with Gasteiger partial charge in [-0.1, -0.05) is 5.16 Å². The van der Waals surface area contributed by atoms with Crippen molar-refractivity contribution in [1.82, 2.24) is 20.4 Å². The fourth-order valence-electron chi connectivity index (χ4n) is 3.53. The van der Waals surface area contributed by atoms with Crippen LogP contribution in [0.3, 0.4) is 0 Å². The average Bonchev–Trinajstić information content (AvgIpc) is 3.16. The van der Waals surface area contributed by atoms with Crippen LogP contribution in [0.15, 0.2) is 28.8 Å². The van der Waals surface area contributed by atoms with E-state index >= 15 is 0 Å². The second kappa shape index (κ2) is 7.51. The summed E-state index contributed by atoms with van der Waals surface area (Å²) < 4.78 is 10.6. The molecule has 2 aromatic rings. The number of fused-ring (bicyclic) bond motifs is 2. The Labute approximate surface area is 148 Å². The summed E-state index contributed by atoms with van der Waals surface area (Å²) in [5.74, 6) is 2.15. The van der Waals surface area contributed by atoms with Gasteiger partial charge in [-0.25, -0.2) is 0 Å². The van der Waals surface area contributed by atoms with Gasteiger partial charge in [0.15, 0.2) is 0 Å². The van der Waals surface area contributed by atoms with Crippen LogP contribution in [0.25, 0.3) is 11.4 Å². The topological polar surface area (TPSA) is 63.4 Å². The molecule has 0 spiro atoms. The van der Waals surface area contributed by atoms with Gasteiger partial charge in [0.25, 0.3) is 0 Å². The number of halogens is 1. The Morgan fingerprint density at radius 1 is 1.21 bits per heavy atom. The Morgan fingerprint density at radius 2 is 2.00 bits per heavy atom. The van der Waals surface area contributed by atoms with Crippen molar-refractivity contribution in [3.8, 4) is 17.1 Å². The maximum absolute atomic E-state index is 5.44. The molecule has 0 aliphatic carbocycles. The minimum Gasteiger partial charge on any atom is -0.497 e. The highest BCUT2D eigenvalue weighted by atomic mass is 35.5. The van der Waals surface area contributed by atoms with E-state index in [0.29, 0.717) is 23.8 Å². The molecule has 2 unspecified atom stereocenters. The third-order valence-electron chi connectivity index (χ3n) is 4.78. The molecule has 1 N–H and O–H groups in total. The molecule has 3 heterocycles. The van der Waals surface area contributed by atoms with Gasteiger partial charge >= 0.3 is 0 Å². The normalized spacial score (nSPS) is 23.5. The molecule has 2 fully saturated rings. The summed E-state index contributed by atoms with van der Waals surface area (Å²) in [5.41, 5.74) is 0.942. The average molecular weight is 351 g/mol. The number of nitrogens with one attached hydrogen (secondary N) is 1. The zero-order chi connectivity index (χ0) is 15.6. The van der Waals surface area contributed by atoms with E-state index in [1.54, 1.807) is 7.11 Å². The second-order valence-electron chi connectivity index (χ2n) is 6.40. The van der Waals surface area contributed by atoms with E-state index in [1.165, 1.54) is 19.3 Å². The molecule has 2 aliphatic heterocycles. The minimum atomic E-state index is 0. The summed E-state index contributed by atoms with van der Waals surface area (Å²) >= 11 is 0. The predicted molar refractivity (Wildman–Crippen MR) is 93.4 cm³/mol. The lowest BCUT2D eigenvalue weighted by Gasteiger charge is -2.21. The van der Waals surface area contributed by atoms with E-state index in [-0.39, 0.29) is 12.4 Å². The van der Waals surface area contributed by atoms with Crippen LogP contribution in [0.2, 0.25) is 0 Å². The number of nitrogens with zero attached hydrogens (tertiary/aromatic N) is 3. The van der Waals surface area contributed by atoms with Gasteiger partial charge < -0.3 is 14.6 Å². The Bertz CT molecular complexity index is 661. The highest BCUT2D eigenvalue weighted by Gasteiger charge is 2.29. The lowest BCUT2D eigenvalue weighted by Crippen LogP contribution is -2.35. The van der Waals surface area contributed by atoms with Crippen LogP contribution in [-0.4, -0.2) is 47.3 Å². The number of hydrogen-bond donors (Lipinski definition) is 1. The van der Waals surface area contributed by atoms with Gasteiger partial charge in [-0.15, -0.1) is 12.4 Å². The van der Waals surface area contributed by atoms with Crippen molar-refractivity contribution in [3.05, 3.63) is 30.2 Å². The van der Waals surface area contributed by atoms with E-state index in [0.717, 1.165) is 30.9 Å². The largest absolute Gasteiger partial charge is 0.497 e. The summed E-state index contributed by atoms with van der Waals surface area (Å²) in [6.07, 6.45) is 3.80. The van der Waals surface area contributed by atoms with Gasteiger partial charge in [0.1, 0.15) is 5.75 Å². The van der Waals surface area contributed by atoms with Crippen molar-refractivity contribution in [2.24, 2.45) is 0 Å². The lowest BCUT2D eigenvalue weighted by molar-refractivity contribution is 0.216. The van der Waals surface area contributed by atoms with Crippen LogP contribution in [-0.2, 0) is 6.54 Å². The van der Waals surface area contributed by atoms with Crippen molar-refractivity contribution >= 4 is 12.4 Å². The quantitative estimate of drug-likeness (QED) is 0.914. The van der Waals surface area contributed by atoms with Crippen LogP contribution < -0.4 is 10.1 Å². The first-order valence-corrected chi connectivity index (χ1v) is 8.25. The summed E-state index contributed by atoms with van der Waals surface area (Å²) in [4.78, 5) is 6.96. The van der Waals surface area contributed by atoms with Gasteiger partial charge in [0, 0.05) is 30.7 Å². The molecule has 130 valence electrons. The smallest absolute Gasteiger partial charge is 0.241 e. The molecule has 1 aromatic heterocycles. The Balaban J connectivity index is 0.00000169. The van der Waals surface area contributed by atoms with E-state index in [1.807, 2.05) is 24.3 Å². The maximum Gasteiger partial charge on any atom is 0.241 e. The van der Waals surface area contributed by atoms with E-state index < -0.39 is 0 Å². The van der Waals surface area contributed by atoms with E-state index in [9.17, 15) is 0 Å². The molecule has 2 saturated heterocycles. The molecule has 0 amide bonds. The molecule has 7 heteroatoms. The molecule has 24 heavy (non-hydrogen) atoms. The van der Waals surface area contributed by atoms with Crippen LogP contribution in [0, 0.1) is 0 Å². The molecule has 2 aliphatic rings. The minimum absolute atomic E-state index is 0. The molecule has 2 atom stereocenters. The van der Waals surface area contributed by atoms with Crippen molar-refractivity contribution in [1.29, 1.82) is 0 Å². The second-order valence-corrected chi connectivity index (χ2v) is 6.40. The first-order valence-electron chi connectivity index (χ1n) is 8.25. The van der Waals surface area contributed by atoms with Crippen LogP contribution in [0.1, 0.15) is 25.2 Å². The maximum atomic E-state index is 5.44. The van der Waals surface area contributed by atoms with Gasteiger partial charge in [-0.3, -0.25) is 4.90 Å². The van der Waals surface area contributed by atoms with Crippen molar-refractivity contribution in [2.75, 3.05) is 20.2 Å². The fourth-order valence-corrected chi connectivity index (χ4v) is 3.53. The Morgan fingerprint density at radius 3 is 2.79 bits per heavy atom. The SMILES string of the molecule is COc1ccc(-c2noc(CN3CCC4CCC(C3)N4)n2)cc1.Cl. The van der Waals surface area contributed by atoms with E-state index in [4.69, 9.17) is 9.26 Å². The molecule has 4 rings (SSSR count). The summed E-state index contributed by atoms with van der Waals surface area (Å²) in [6, 6.07) is 9.02. The summed E-state index contributed by atoms with van der Waals surface area (Å²) in [7, 11) is 1.66. The number of aromatic nitrogens is 2. The zero-order valence-corrected chi connectivity index (χ0v) is 14.6. The Kier molecular flexibility index (Phi) is 5.38. The van der Waals surface area contributed by atoms with Gasteiger partial charge in [-0.05, 0) is 43.5 Å². The van der Waals surface area contributed by atoms with Crippen molar-refractivity contribution in [2.45, 2.75) is 37.9 Å². The van der Waals surface area contributed by atoms with Gasteiger partial charge in [0.2, 0.25) is 11.7 Å². The molecular weight excluding hydrogens is 328 g/mol. The zero-order valence-electron chi connectivity index (χ0n) is 13.8. The number of benzene rings is 1. The number of likely N-dealkylation sites (tertiary alicyclic amines) is 1. The first-order chi connectivity index (χ1) is 11.3. The third kappa shape index (κ3) is 3.71. The summed E-state index contributed by atoms with van der Waals surface area (Å²) in [6.45, 7) is 2.89. The highest BCUT2D eigenvalue weighted by molar-refractivity contribution is 5.85. The first kappa shape index (κ1) is 17.2. The van der Waals surface area contributed by atoms with Crippen LogP contribution in [0.4, 0.5) is 0 Å². The lowest BCUT2D eigenvalue weighted by atomic mass is 10.1. The molecular formula is C17H23ClN4O2. The van der Waals surface area contributed by atoms with Crippen molar-refractivity contribution < 1.29 is 9.26 Å². The number of rotatable bonds is 4. The highest BCUT2D eigenvalue weighted by Crippen LogP contribution is 2.23. The predicted octanol–water partition coefficient (Wildman–Crippen LogP) is 2.49.